The summed E-state index contributed by atoms with van der Waals surface area (Å²) in [7, 11) is 3.93. The molecule has 0 fully saturated rings. The molecule has 0 amide bonds. The molecule has 0 aromatic carbocycles. The number of nitrogens with zero attached hydrogens (tertiary/aromatic N) is 4. The molecule has 2 rings (SSSR count). The van der Waals surface area contributed by atoms with E-state index >= 15 is 0 Å². The van der Waals surface area contributed by atoms with Crippen molar-refractivity contribution in [2.75, 3.05) is 7.05 Å². The average Bonchev–Trinajstić information content (AvgIpc) is 2.78. The summed E-state index contributed by atoms with van der Waals surface area (Å²) in [6.45, 7) is 9.22. The molecule has 0 atom stereocenters. The van der Waals surface area contributed by atoms with E-state index in [1.54, 1.807) is 0 Å². The van der Waals surface area contributed by atoms with E-state index < -0.39 is 0 Å². The predicted molar refractivity (Wildman–Crippen MR) is 76.7 cm³/mol. The molecular weight excluding hydrogens is 238 g/mol. The Bertz CT molecular complexity index is 591. The van der Waals surface area contributed by atoms with Gasteiger partial charge in [0.1, 0.15) is 0 Å². The van der Waals surface area contributed by atoms with Gasteiger partial charge in [-0.3, -0.25) is 4.68 Å². The zero-order valence-electron chi connectivity index (χ0n) is 12.7. The molecule has 0 spiro atoms. The largest absolute Gasteiger partial charge is 0.315 e. The fourth-order valence-electron chi connectivity index (χ4n) is 2.73. The van der Waals surface area contributed by atoms with Gasteiger partial charge in [0, 0.05) is 24.8 Å². The first-order valence-electron chi connectivity index (χ1n) is 6.73. The lowest BCUT2D eigenvalue weighted by molar-refractivity contribution is 0.675. The first-order valence-corrected chi connectivity index (χ1v) is 6.73. The molecule has 19 heavy (non-hydrogen) atoms. The van der Waals surface area contributed by atoms with Crippen LogP contribution in [0, 0.1) is 20.8 Å². The van der Waals surface area contributed by atoms with Crippen LogP contribution in [0.15, 0.2) is 0 Å². The Balaban J connectivity index is 2.65. The van der Waals surface area contributed by atoms with Crippen molar-refractivity contribution in [2.24, 2.45) is 7.05 Å². The van der Waals surface area contributed by atoms with E-state index in [0.29, 0.717) is 0 Å². The molecule has 0 saturated carbocycles. The van der Waals surface area contributed by atoms with E-state index in [4.69, 9.17) is 5.10 Å². The van der Waals surface area contributed by atoms with Crippen LogP contribution >= 0.6 is 0 Å². The minimum Gasteiger partial charge on any atom is -0.315 e. The van der Waals surface area contributed by atoms with E-state index in [1.807, 2.05) is 30.4 Å². The van der Waals surface area contributed by atoms with E-state index in [2.05, 4.69) is 31.2 Å². The maximum Gasteiger partial charge on any atom is 0.156 e. The third-order valence-corrected chi connectivity index (χ3v) is 3.66. The summed E-state index contributed by atoms with van der Waals surface area (Å²) >= 11 is 0. The number of rotatable bonds is 4. The van der Waals surface area contributed by atoms with Gasteiger partial charge in [-0.1, -0.05) is 6.92 Å². The molecule has 2 heterocycles. The monoisotopic (exact) mass is 261 g/mol. The fourth-order valence-corrected chi connectivity index (χ4v) is 2.73. The van der Waals surface area contributed by atoms with E-state index in [1.165, 1.54) is 16.8 Å². The topological polar surface area (TPSA) is 47.7 Å². The quantitative estimate of drug-likeness (QED) is 0.913. The second-order valence-corrected chi connectivity index (χ2v) is 4.96. The molecule has 2 aromatic rings. The van der Waals surface area contributed by atoms with Gasteiger partial charge in [-0.25, -0.2) is 4.68 Å². The summed E-state index contributed by atoms with van der Waals surface area (Å²) in [6.07, 6.45) is 1.01. The lowest BCUT2D eigenvalue weighted by atomic mass is 10.1. The number of hydrogen-bond acceptors (Lipinski definition) is 3. The van der Waals surface area contributed by atoms with Gasteiger partial charge in [0.25, 0.3) is 0 Å². The van der Waals surface area contributed by atoms with Gasteiger partial charge < -0.3 is 5.32 Å². The number of nitrogens with one attached hydrogen (secondary N) is 1. The van der Waals surface area contributed by atoms with Crippen molar-refractivity contribution >= 4 is 0 Å². The minimum atomic E-state index is 0.800. The Morgan fingerprint density at radius 1 is 1.05 bits per heavy atom. The summed E-state index contributed by atoms with van der Waals surface area (Å²) in [5.74, 6) is 1.06. The van der Waals surface area contributed by atoms with Crippen molar-refractivity contribution in [3.63, 3.8) is 0 Å². The molecule has 0 bridgehead atoms. The Hall–Kier alpha value is -1.62. The van der Waals surface area contributed by atoms with Gasteiger partial charge in [-0.15, -0.1) is 0 Å². The molecule has 5 heteroatoms. The van der Waals surface area contributed by atoms with Crippen LogP contribution in [0.2, 0.25) is 0 Å². The summed E-state index contributed by atoms with van der Waals surface area (Å²) in [4.78, 5) is 0. The minimum absolute atomic E-state index is 0.800. The van der Waals surface area contributed by atoms with Crippen LogP contribution in [0.4, 0.5) is 0 Å². The Morgan fingerprint density at radius 2 is 1.68 bits per heavy atom. The van der Waals surface area contributed by atoms with Crippen LogP contribution in [0.25, 0.3) is 5.82 Å². The van der Waals surface area contributed by atoms with Crippen LogP contribution < -0.4 is 5.32 Å². The van der Waals surface area contributed by atoms with Gasteiger partial charge >= 0.3 is 0 Å². The highest BCUT2D eigenvalue weighted by Crippen LogP contribution is 2.22. The number of hydrogen-bond donors (Lipinski definition) is 1. The maximum absolute atomic E-state index is 4.70. The van der Waals surface area contributed by atoms with Crippen molar-refractivity contribution in [1.82, 2.24) is 24.9 Å². The van der Waals surface area contributed by atoms with Gasteiger partial charge in [0.05, 0.1) is 11.4 Å². The zero-order valence-corrected chi connectivity index (χ0v) is 12.7. The first-order chi connectivity index (χ1) is 9.01. The normalized spacial score (nSPS) is 11.3. The van der Waals surface area contributed by atoms with Crippen molar-refractivity contribution in [2.45, 2.75) is 40.7 Å². The Labute approximate surface area is 114 Å². The highest BCUT2D eigenvalue weighted by atomic mass is 15.4. The van der Waals surface area contributed by atoms with E-state index in [0.717, 1.165) is 30.2 Å². The van der Waals surface area contributed by atoms with Crippen molar-refractivity contribution < 1.29 is 0 Å². The summed E-state index contributed by atoms with van der Waals surface area (Å²) in [6, 6.07) is 0. The smallest absolute Gasteiger partial charge is 0.156 e. The van der Waals surface area contributed by atoms with Crippen molar-refractivity contribution in [3.05, 3.63) is 28.2 Å². The van der Waals surface area contributed by atoms with Gasteiger partial charge in [0.15, 0.2) is 5.82 Å². The van der Waals surface area contributed by atoms with Crippen LogP contribution in [-0.2, 0) is 20.0 Å². The Kier molecular flexibility index (Phi) is 3.75. The third-order valence-electron chi connectivity index (χ3n) is 3.66. The second-order valence-electron chi connectivity index (χ2n) is 4.96. The number of aromatic nitrogens is 4. The standard InChI is InChI=1S/C14H23N5/c1-7-12-9(2)17-19(11(12)4)14-13(8-15-5)10(3)16-18(14)6/h15H,7-8H2,1-6H3. The van der Waals surface area contributed by atoms with Crippen LogP contribution in [0.1, 0.15) is 35.1 Å². The lowest BCUT2D eigenvalue weighted by Gasteiger charge is -2.09. The number of aryl methyl sites for hydroxylation is 3. The van der Waals surface area contributed by atoms with Crippen molar-refractivity contribution in [3.8, 4) is 5.82 Å². The SMILES string of the molecule is CCc1c(C)nn(-c2c(CNC)c(C)nn2C)c1C. The average molecular weight is 261 g/mol. The molecule has 0 aliphatic rings. The van der Waals surface area contributed by atoms with Crippen molar-refractivity contribution in [1.29, 1.82) is 0 Å². The molecule has 0 unspecified atom stereocenters. The highest BCUT2D eigenvalue weighted by Gasteiger charge is 2.19. The molecule has 5 nitrogen and oxygen atoms in total. The molecule has 0 aliphatic heterocycles. The summed E-state index contributed by atoms with van der Waals surface area (Å²) in [5, 5.41) is 12.4. The molecule has 0 radical (unpaired) electrons. The van der Waals surface area contributed by atoms with Crippen LogP contribution in [-0.4, -0.2) is 26.6 Å². The maximum atomic E-state index is 4.70. The van der Waals surface area contributed by atoms with Crippen LogP contribution in [0.5, 0.6) is 0 Å². The highest BCUT2D eigenvalue weighted by molar-refractivity contribution is 5.41. The van der Waals surface area contributed by atoms with Gasteiger partial charge in [-0.2, -0.15) is 10.2 Å². The molecule has 104 valence electrons. The van der Waals surface area contributed by atoms with Crippen LogP contribution in [0.3, 0.4) is 0 Å². The molecule has 2 aromatic heterocycles. The molecule has 0 aliphatic carbocycles. The summed E-state index contributed by atoms with van der Waals surface area (Å²) in [5.41, 5.74) is 5.90. The first kappa shape index (κ1) is 13.8. The van der Waals surface area contributed by atoms with Gasteiger partial charge in [0.2, 0.25) is 0 Å². The molecule has 0 saturated heterocycles. The summed E-state index contributed by atoms with van der Waals surface area (Å²) < 4.78 is 3.95. The van der Waals surface area contributed by atoms with E-state index in [9.17, 15) is 0 Å². The molecule has 1 N–H and O–H groups in total. The predicted octanol–water partition coefficient (Wildman–Crippen LogP) is 1.81. The third kappa shape index (κ3) is 2.18. The second kappa shape index (κ2) is 5.17. The lowest BCUT2D eigenvalue weighted by Crippen LogP contribution is -2.12. The fraction of sp³-hybridized carbons (Fsp3) is 0.571. The zero-order chi connectivity index (χ0) is 14.2. The Morgan fingerprint density at radius 3 is 2.21 bits per heavy atom. The van der Waals surface area contributed by atoms with Gasteiger partial charge in [-0.05, 0) is 39.8 Å². The molecular formula is C14H23N5. The van der Waals surface area contributed by atoms with E-state index in [-0.39, 0.29) is 0 Å².